The van der Waals surface area contributed by atoms with Gasteiger partial charge in [-0.15, -0.1) is 0 Å². The molecule has 6 nitrogen and oxygen atoms in total. The number of nitrogens with one attached hydrogen (secondary N) is 2. The van der Waals surface area contributed by atoms with Crippen molar-refractivity contribution in [2.45, 2.75) is 87.6 Å². The van der Waals surface area contributed by atoms with Crippen LogP contribution in [0.4, 0.5) is 0 Å². The van der Waals surface area contributed by atoms with Crippen LogP contribution >= 0.6 is 11.6 Å². The maximum absolute atomic E-state index is 12.7. The third kappa shape index (κ3) is 8.62. The number of sulfonamides is 1. The van der Waals surface area contributed by atoms with E-state index >= 15 is 0 Å². The summed E-state index contributed by atoms with van der Waals surface area (Å²) in [5, 5.41) is 13.0. The molecule has 0 radical (unpaired) electrons. The van der Waals surface area contributed by atoms with Gasteiger partial charge in [-0.3, -0.25) is 4.79 Å². The third-order valence-corrected chi connectivity index (χ3v) is 7.11. The van der Waals surface area contributed by atoms with Gasteiger partial charge in [-0.05, 0) is 37.1 Å². The first-order valence-corrected chi connectivity index (χ1v) is 12.5. The van der Waals surface area contributed by atoms with Crippen molar-refractivity contribution in [1.82, 2.24) is 10.0 Å². The molecule has 0 aromatic heterocycles. The molecule has 1 aromatic rings. The second-order valence-corrected chi connectivity index (χ2v) is 9.93. The summed E-state index contributed by atoms with van der Waals surface area (Å²) in [4.78, 5) is 12.7. The van der Waals surface area contributed by atoms with Crippen molar-refractivity contribution < 1.29 is 18.3 Å². The fraction of sp³-hybridized carbons (Fsp3) is 0.667. The first kappa shape index (κ1) is 24.1. The molecule has 2 rings (SSSR count). The van der Waals surface area contributed by atoms with E-state index in [1.807, 2.05) is 0 Å². The lowest BCUT2D eigenvalue weighted by molar-refractivity contribution is -0.124. The summed E-state index contributed by atoms with van der Waals surface area (Å²) in [5.74, 6) is -0.484. The van der Waals surface area contributed by atoms with E-state index in [0.29, 0.717) is 5.02 Å². The Morgan fingerprint density at radius 2 is 1.45 bits per heavy atom. The van der Waals surface area contributed by atoms with E-state index in [0.717, 1.165) is 38.5 Å². The Morgan fingerprint density at radius 3 is 1.93 bits per heavy atom. The number of aliphatic hydroxyl groups excluding tert-OH is 1. The molecule has 1 atom stereocenters. The fourth-order valence-corrected chi connectivity index (χ4v) is 4.96. The molecule has 1 unspecified atom stereocenters. The Morgan fingerprint density at radius 1 is 0.966 bits per heavy atom. The normalized spacial score (nSPS) is 19.0. The van der Waals surface area contributed by atoms with Gasteiger partial charge in [0.15, 0.2) is 0 Å². The van der Waals surface area contributed by atoms with Crippen molar-refractivity contribution in [3.8, 4) is 0 Å². The lowest BCUT2D eigenvalue weighted by atomic mass is 9.98. The van der Waals surface area contributed by atoms with E-state index in [2.05, 4.69) is 10.0 Å². The van der Waals surface area contributed by atoms with E-state index in [9.17, 15) is 18.3 Å². The van der Waals surface area contributed by atoms with Gasteiger partial charge in [0, 0.05) is 11.1 Å². The number of benzene rings is 1. The zero-order chi connectivity index (χ0) is 21.1. The monoisotopic (exact) mass is 444 g/mol. The van der Waals surface area contributed by atoms with Gasteiger partial charge in [-0.25, -0.2) is 8.42 Å². The highest BCUT2D eigenvalue weighted by molar-refractivity contribution is 7.89. The summed E-state index contributed by atoms with van der Waals surface area (Å²) in [7, 11) is -3.94. The Balaban J connectivity index is 1.96. The average Bonchev–Trinajstić information content (AvgIpc) is 2.68. The third-order valence-electron chi connectivity index (χ3n) is 5.37. The largest absolute Gasteiger partial charge is 0.394 e. The Hall–Kier alpha value is -1.15. The average molecular weight is 445 g/mol. The molecular formula is C21H33ClN2O4S. The smallest absolute Gasteiger partial charge is 0.241 e. The van der Waals surface area contributed by atoms with E-state index in [-0.39, 0.29) is 10.9 Å². The topological polar surface area (TPSA) is 95.5 Å². The van der Waals surface area contributed by atoms with E-state index in [1.165, 1.54) is 56.4 Å². The Labute approximate surface area is 179 Å². The van der Waals surface area contributed by atoms with E-state index in [1.54, 1.807) is 0 Å². The number of hydrogen-bond acceptors (Lipinski definition) is 4. The second-order valence-electron chi connectivity index (χ2n) is 7.78. The number of carbonyl (C=O) groups excluding carboxylic acids is 1. The molecule has 1 amide bonds. The number of rotatable bonds is 6. The van der Waals surface area contributed by atoms with Crippen molar-refractivity contribution in [2.75, 3.05) is 6.61 Å². The Bertz CT molecular complexity index is 713. The quantitative estimate of drug-likeness (QED) is 0.622. The minimum atomic E-state index is -3.94. The van der Waals surface area contributed by atoms with Gasteiger partial charge in [-0.1, -0.05) is 69.4 Å². The first-order valence-electron chi connectivity index (χ1n) is 10.6. The molecule has 164 valence electrons. The van der Waals surface area contributed by atoms with Crippen molar-refractivity contribution in [3.63, 3.8) is 0 Å². The van der Waals surface area contributed by atoms with Crippen molar-refractivity contribution >= 4 is 27.5 Å². The molecular weight excluding hydrogens is 412 g/mol. The number of aliphatic hydroxyl groups is 1. The maximum atomic E-state index is 12.7. The van der Waals surface area contributed by atoms with Crippen LogP contribution in [0.15, 0.2) is 29.2 Å². The number of carbonyl (C=O) groups is 1. The number of hydrogen-bond donors (Lipinski definition) is 3. The van der Waals surface area contributed by atoms with Gasteiger partial charge in [0.05, 0.1) is 11.5 Å². The molecule has 29 heavy (non-hydrogen) atoms. The second kappa shape index (κ2) is 12.5. The predicted molar refractivity (Wildman–Crippen MR) is 115 cm³/mol. The summed E-state index contributed by atoms with van der Waals surface area (Å²) in [6.45, 7) is -0.606. The van der Waals surface area contributed by atoms with Crippen molar-refractivity contribution in [2.24, 2.45) is 0 Å². The van der Waals surface area contributed by atoms with Crippen LogP contribution in [0.2, 0.25) is 5.02 Å². The molecule has 1 saturated carbocycles. The highest BCUT2D eigenvalue weighted by Crippen LogP contribution is 2.18. The molecule has 8 heteroatoms. The Kier molecular flexibility index (Phi) is 10.4. The molecule has 0 spiro atoms. The van der Waals surface area contributed by atoms with Crippen LogP contribution in [-0.4, -0.2) is 38.1 Å². The molecule has 1 fully saturated rings. The van der Waals surface area contributed by atoms with Gasteiger partial charge in [0.1, 0.15) is 6.04 Å². The van der Waals surface area contributed by atoms with Crippen molar-refractivity contribution in [1.29, 1.82) is 0 Å². The van der Waals surface area contributed by atoms with Crippen molar-refractivity contribution in [3.05, 3.63) is 29.3 Å². The highest BCUT2D eigenvalue weighted by Gasteiger charge is 2.26. The van der Waals surface area contributed by atoms with Crippen LogP contribution in [0.25, 0.3) is 0 Å². The van der Waals surface area contributed by atoms with Gasteiger partial charge < -0.3 is 10.4 Å². The zero-order valence-electron chi connectivity index (χ0n) is 16.9. The highest BCUT2D eigenvalue weighted by atomic mass is 35.5. The zero-order valence-corrected chi connectivity index (χ0v) is 18.5. The summed E-state index contributed by atoms with van der Waals surface area (Å²) in [5.41, 5.74) is 0. The molecule has 1 aromatic carbocycles. The SMILES string of the molecule is O=C(NC1CCCCCCCCCCC1)C(CO)NS(=O)(=O)c1ccc(Cl)cc1. The molecule has 0 aliphatic heterocycles. The molecule has 1 aliphatic rings. The van der Waals surface area contributed by atoms with Crippen LogP contribution in [0.1, 0.15) is 70.6 Å². The van der Waals surface area contributed by atoms with Gasteiger partial charge >= 0.3 is 0 Å². The van der Waals surface area contributed by atoms with Crippen LogP contribution in [0.3, 0.4) is 0 Å². The molecule has 1 aliphatic carbocycles. The predicted octanol–water partition coefficient (Wildman–Crippen LogP) is 3.77. The van der Waals surface area contributed by atoms with Gasteiger partial charge in [-0.2, -0.15) is 4.72 Å². The molecule has 0 heterocycles. The van der Waals surface area contributed by atoms with Gasteiger partial charge in [0.25, 0.3) is 0 Å². The summed E-state index contributed by atoms with van der Waals surface area (Å²) in [6, 6.07) is 4.45. The van der Waals surface area contributed by atoms with E-state index in [4.69, 9.17) is 11.6 Å². The summed E-state index contributed by atoms with van der Waals surface area (Å²) < 4.78 is 27.3. The van der Waals surface area contributed by atoms with Crippen LogP contribution in [-0.2, 0) is 14.8 Å². The molecule has 3 N–H and O–H groups in total. The molecule has 0 bridgehead atoms. The number of amides is 1. The standard InChI is InChI=1S/C21H33ClN2O4S/c22-17-12-14-19(15-13-17)29(27,28)24-20(16-25)21(26)23-18-10-8-6-4-2-1-3-5-7-9-11-18/h12-15,18,20,24-25H,1-11,16H2,(H,23,26). The maximum Gasteiger partial charge on any atom is 0.241 e. The van der Waals surface area contributed by atoms with Crippen LogP contribution < -0.4 is 10.0 Å². The molecule has 0 saturated heterocycles. The summed E-state index contributed by atoms with van der Waals surface area (Å²) >= 11 is 5.80. The van der Waals surface area contributed by atoms with Crippen LogP contribution in [0.5, 0.6) is 0 Å². The first-order chi connectivity index (χ1) is 13.9. The minimum absolute atomic E-state index is 0.000781. The number of halogens is 1. The van der Waals surface area contributed by atoms with Crippen LogP contribution in [0, 0.1) is 0 Å². The lowest BCUT2D eigenvalue weighted by Crippen LogP contribution is -2.51. The minimum Gasteiger partial charge on any atom is -0.394 e. The fourth-order valence-electron chi connectivity index (χ4n) is 3.65. The lowest BCUT2D eigenvalue weighted by Gasteiger charge is -2.23. The van der Waals surface area contributed by atoms with E-state index < -0.39 is 28.6 Å². The summed E-state index contributed by atoms with van der Waals surface area (Å²) in [6.07, 6.45) is 12.5. The van der Waals surface area contributed by atoms with Gasteiger partial charge in [0.2, 0.25) is 15.9 Å².